The topological polar surface area (TPSA) is 44.8 Å². The molecule has 3 rings (SSSR count). The minimum absolute atomic E-state index is 0.0886. The molecule has 0 amide bonds. The molecule has 0 spiro atoms. The third kappa shape index (κ3) is 4.16. The van der Waals surface area contributed by atoms with Crippen LogP contribution in [-0.2, 0) is 0 Å². The van der Waals surface area contributed by atoms with Crippen molar-refractivity contribution in [3.63, 3.8) is 0 Å². The second kappa shape index (κ2) is 8.30. The molecule has 0 aromatic heterocycles. The lowest BCUT2D eigenvalue weighted by Gasteiger charge is -2.12. The maximum absolute atomic E-state index is 12.7. The van der Waals surface area contributed by atoms with Gasteiger partial charge >= 0.3 is 0 Å². The number of ether oxygens (including phenoxy) is 3. The highest BCUT2D eigenvalue weighted by Crippen LogP contribution is 2.35. The minimum Gasteiger partial charge on any atom is -0.490 e. The predicted molar refractivity (Wildman–Crippen MR) is 107 cm³/mol. The monoisotopic (exact) mass is 366 g/mol. The summed E-state index contributed by atoms with van der Waals surface area (Å²) in [5.41, 5.74) is 3.65. The summed E-state index contributed by atoms with van der Waals surface area (Å²) >= 11 is 0. The van der Waals surface area contributed by atoms with Crippen LogP contribution in [0.3, 0.4) is 0 Å². The lowest BCUT2D eigenvalue weighted by Crippen LogP contribution is -2.01. The Kier molecular flexibility index (Phi) is 5.84. The molecule has 27 heavy (non-hydrogen) atoms. The van der Waals surface area contributed by atoms with Crippen molar-refractivity contribution in [3.8, 4) is 17.2 Å². The van der Waals surface area contributed by atoms with Crippen LogP contribution in [0.2, 0.25) is 0 Å². The van der Waals surface area contributed by atoms with Crippen molar-refractivity contribution in [3.05, 3.63) is 58.3 Å². The normalized spacial score (nSPS) is 14.2. The molecular weight excluding hydrogens is 340 g/mol. The minimum atomic E-state index is -0.0886. The van der Waals surface area contributed by atoms with Gasteiger partial charge in [-0.25, -0.2) is 0 Å². The summed E-state index contributed by atoms with van der Waals surface area (Å²) in [5, 5.41) is 0. The van der Waals surface area contributed by atoms with Gasteiger partial charge in [-0.2, -0.15) is 0 Å². The predicted octanol–water partition coefficient (Wildman–Crippen LogP) is 5.50. The number of allylic oxidation sites excluding steroid dienone is 1. The van der Waals surface area contributed by atoms with Gasteiger partial charge in [0.25, 0.3) is 0 Å². The number of unbranched alkanes of at least 4 members (excludes halogenated alkanes) is 1. The van der Waals surface area contributed by atoms with Gasteiger partial charge in [-0.15, -0.1) is 0 Å². The summed E-state index contributed by atoms with van der Waals surface area (Å²) < 4.78 is 17.3. The Balaban J connectivity index is 1.86. The Morgan fingerprint density at radius 2 is 1.78 bits per heavy atom. The first kappa shape index (κ1) is 19.0. The highest BCUT2D eigenvalue weighted by Gasteiger charge is 2.28. The fourth-order valence-electron chi connectivity index (χ4n) is 2.92. The van der Waals surface area contributed by atoms with E-state index in [0.29, 0.717) is 36.0 Å². The molecule has 0 aliphatic carbocycles. The zero-order valence-electron chi connectivity index (χ0n) is 16.4. The van der Waals surface area contributed by atoms with Crippen LogP contribution in [0.25, 0.3) is 6.08 Å². The SMILES string of the molecule is CCCCOc1ccc(/C=C2\Oc3cc(C)c(C)cc3C2=O)cc1OCC. The average Bonchev–Trinajstić information content (AvgIpc) is 2.93. The second-order valence-corrected chi connectivity index (χ2v) is 6.71. The van der Waals surface area contributed by atoms with Crippen LogP contribution in [0.15, 0.2) is 36.1 Å². The van der Waals surface area contributed by atoms with Crippen molar-refractivity contribution in [1.82, 2.24) is 0 Å². The summed E-state index contributed by atoms with van der Waals surface area (Å²) in [5.74, 6) is 2.27. The standard InChI is InChI=1S/C23H26O4/c1-5-7-10-26-19-9-8-17(13-21(19)25-6-2)14-22-23(24)18-11-15(3)16(4)12-20(18)27-22/h8-9,11-14H,5-7,10H2,1-4H3/b22-14-. The summed E-state index contributed by atoms with van der Waals surface area (Å²) in [6, 6.07) is 9.48. The van der Waals surface area contributed by atoms with Gasteiger partial charge in [0, 0.05) is 0 Å². The van der Waals surface area contributed by atoms with E-state index in [9.17, 15) is 4.79 Å². The van der Waals surface area contributed by atoms with E-state index < -0.39 is 0 Å². The number of carbonyl (C=O) groups is 1. The molecule has 0 unspecified atom stereocenters. The van der Waals surface area contributed by atoms with Crippen molar-refractivity contribution < 1.29 is 19.0 Å². The first-order valence-electron chi connectivity index (χ1n) is 9.48. The van der Waals surface area contributed by atoms with Gasteiger partial charge in [0.05, 0.1) is 18.8 Å². The molecule has 0 saturated heterocycles. The number of Topliss-reactive ketones (excluding diaryl/α,β-unsaturated/α-hetero) is 1. The molecule has 0 atom stereocenters. The Labute approximate surface area is 160 Å². The van der Waals surface area contributed by atoms with Gasteiger partial charge in [-0.3, -0.25) is 4.79 Å². The Hall–Kier alpha value is -2.75. The maximum atomic E-state index is 12.7. The van der Waals surface area contributed by atoms with E-state index in [2.05, 4.69) is 6.92 Å². The highest BCUT2D eigenvalue weighted by atomic mass is 16.5. The van der Waals surface area contributed by atoms with Crippen molar-refractivity contribution in [2.24, 2.45) is 0 Å². The van der Waals surface area contributed by atoms with E-state index in [1.807, 2.05) is 51.1 Å². The Bertz CT molecular complexity index is 880. The van der Waals surface area contributed by atoms with Crippen molar-refractivity contribution in [1.29, 1.82) is 0 Å². The van der Waals surface area contributed by atoms with Crippen LogP contribution in [0, 0.1) is 13.8 Å². The zero-order valence-corrected chi connectivity index (χ0v) is 16.4. The first-order chi connectivity index (χ1) is 13.0. The summed E-state index contributed by atoms with van der Waals surface area (Å²) in [4.78, 5) is 12.7. The fraction of sp³-hybridized carbons (Fsp3) is 0.348. The molecular formula is C23H26O4. The molecule has 2 aromatic carbocycles. The molecule has 2 aromatic rings. The van der Waals surface area contributed by atoms with Crippen LogP contribution in [-0.4, -0.2) is 19.0 Å². The lowest BCUT2D eigenvalue weighted by molar-refractivity contribution is 0.101. The molecule has 4 heteroatoms. The number of carbonyl (C=O) groups excluding carboxylic acids is 1. The van der Waals surface area contributed by atoms with Gasteiger partial charge in [0.1, 0.15) is 5.75 Å². The molecule has 142 valence electrons. The van der Waals surface area contributed by atoms with Gasteiger partial charge < -0.3 is 14.2 Å². The van der Waals surface area contributed by atoms with E-state index in [0.717, 1.165) is 35.3 Å². The van der Waals surface area contributed by atoms with Crippen molar-refractivity contribution in [2.45, 2.75) is 40.5 Å². The van der Waals surface area contributed by atoms with Gasteiger partial charge in [0.2, 0.25) is 5.78 Å². The summed E-state index contributed by atoms with van der Waals surface area (Å²) in [7, 11) is 0. The van der Waals surface area contributed by atoms with E-state index in [4.69, 9.17) is 14.2 Å². The number of benzene rings is 2. The van der Waals surface area contributed by atoms with Crippen LogP contribution >= 0.6 is 0 Å². The molecule has 0 saturated carbocycles. The molecule has 0 fully saturated rings. The van der Waals surface area contributed by atoms with Gasteiger partial charge in [-0.1, -0.05) is 19.4 Å². The summed E-state index contributed by atoms with van der Waals surface area (Å²) in [6.07, 6.45) is 3.83. The van der Waals surface area contributed by atoms with Crippen LogP contribution in [0.4, 0.5) is 0 Å². The molecule has 0 N–H and O–H groups in total. The highest BCUT2D eigenvalue weighted by molar-refractivity contribution is 6.14. The van der Waals surface area contributed by atoms with Crippen molar-refractivity contribution >= 4 is 11.9 Å². The smallest absolute Gasteiger partial charge is 0.231 e. The molecule has 1 aliphatic heterocycles. The average molecular weight is 366 g/mol. The largest absolute Gasteiger partial charge is 0.490 e. The zero-order chi connectivity index (χ0) is 19.4. The van der Waals surface area contributed by atoms with Crippen LogP contribution < -0.4 is 14.2 Å². The first-order valence-corrected chi connectivity index (χ1v) is 9.48. The maximum Gasteiger partial charge on any atom is 0.231 e. The van der Waals surface area contributed by atoms with Crippen LogP contribution in [0.1, 0.15) is 53.7 Å². The number of hydrogen-bond acceptors (Lipinski definition) is 4. The van der Waals surface area contributed by atoms with Gasteiger partial charge in [-0.05, 0) is 74.2 Å². The fourth-order valence-corrected chi connectivity index (χ4v) is 2.92. The summed E-state index contributed by atoms with van der Waals surface area (Å²) in [6.45, 7) is 9.27. The molecule has 0 bridgehead atoms. The van der Waals surface area contributed by atoms with E-state index in [1.165, 1.54) is 0 Å². The van der Waals surface area contributed by atoms with E-state index >= 15 is 0 Å². The number of hydrogen-bond donors (Lipinski definition) is 0. The van der Waals surface area contributed by atoms with E-state index in [-0.39, 0.29) is 5.78 Å². The van der Waals surface area contributed by atoms with Gasteiger partial charge in [0.15, 0.2) is 17.3 Å². The Morgan fingerprint density at radius 1 is 1.00 bits per heavy atom. The Morgan fingerprint density at radius 3 is 2.52 bits per heavy atom. The number of rotatable bonds is 7. The third-order valence-corrected chi connectivity index (χ3v) is 4.61. The number of aryl methyl sites for hydroxylation is 2. The van der Waals surface area contributed by atoms with E-state index in [1.54, 1.807) is 6.08 Å². The third-order valence-electron chi connectivity index (χ3n) is 4.61. The lowest BCUT2D eigenvalue weighted by atomic mass is 10.0. The second-order valence-electron chi connectivity index (χ2n) is 6.71. The number of ketones is 1. The number of fused-ring (bicyclic) bond motifs is 1. The quantitative estimate of drug-likeness (QED) is 0.480. The molecule has 1 aliphatic rings. The van der Waals surface area contributed by atoms with Crippen molar-refractivity contribution in [2.75, 3.05) is 13.2 Å². The molecule has 4 nitrogen and oxygen atoms in total. The molecule has 0 radical (unpaired) electrons. The van der Waals surface area contributed by atoms with Crippen LogP contribution in [0.5, 0.6) is 17.2 Å². The molecule has 1 heterocycles.